The average Bonchev–Trinajstić information content (AvgIpc) is 3.18. The molecule has 1 unspecified atom stereocenters. The second-order valence-electron chi connectivity index (χ2n) is 9.01. The Morgan fingerprint density at radius 2 is 1.53 bits per heavy atom. The Morgan fingerprint density at radius 3 is 2.09 bits per heavy atom. The molecule has 1 fully saturated rings. The molecule has 0 aliphatic heterocycles. The van der Waals surface area contributed by atoms with Gasteiger partial charge in [0.25, 0.3) is 0 Å². The summed E-state index contributed by atoms with van der Waals surface area (Å²) in [5, 5.41) is 23.3. The van der Waals surface area contributed by atoms with Crippen molar-refractivity contribution in [3.63, 3.8) is 0 Å². The predicted molar refractivity (Wildman–Crippen MR) is 125 cm³/mol. The quantitative estimate of drug-likeness (QED) is 0.474. The molecule has 2 aliphatic rings. The van der Waals surface area contributed by atoms with Gasteiger partial charge in [0.2, 0.25) is 5.91 Å². The van der Waals surface area contributed by atoms with Crippen LogP contribution in [0.1, 0.15) is 42.7 Å². The fourth-order valence-corrected chi connectivity index (χ4v) is 4.98. The number of carboxylic acids is 1. The summed E-state index contributed by atoms with van der Waals surface area (Å²) in [5.41, 5.74) is 4.70. The number of nitrogens with one attached hydrogen (secondary N) is 2. The lowest BCUT2D eigenvalue weighted by atomic mass is 9.81. The Morgan fingerprint density at radius 1 is 0.941 bits per heavy atom. The minimum Gasteiger partial charge on any atom is -0.480 e. The molecule has 2 amide bonds. The number of ether oxygens (including phenoxy) is 1. The third-order valence-electron chi connectivity index (χ3n) is 6.89. The van der Waals surface area contributed by atoms with Crippen molar-refractivity contribution in [1.29, 1.82) is 0 Å². The van der Waals surface area contributed by atoms with Crippen LogP contribution in [0.25, 0.3) is 11.1 Å². The standard InChI is InChI=1S/C26H30N2O6/c29-14-23(25(31)32)28-24(30)17-11-9-16(10-12-17)13-27-26(33)34-15-22-20-7-3-1-5-18(20)19-6-2-4-8-21(19)22/h1-8,16-17,22-23,29H,9-15H2,(H,27,33)(H,28,30)(H,31,32). The molecule has 4 N–H and O–H groups in total. The average molecular weight is 467 g/mol. The number of hydrogen-bond acceptors (Lipinski definition) is 5. The Kier molecular flexibility index (Phi) is 7.47. The zero-order valence-electron chi connectivity index (χ0n) is 18.9. The van der Waals surface area contributed by atoms with Crippen molar-refractivity contribution in [2.24, 2.45) is 11.8 Å². The number of rotatable bonds is 8. The van der Waals surface area contributed by atoms with E-state index >= 15 is 0 Å². The first-order valence-corrected chi connectivity index (χ1v) is 11.7. The molecular weight excluding hydrogens is 436 g/mol. The van der Waals surface area contributed by atoms with E-state index < -0.39 is 24.7 Å². The highest BCUT2D eigenvalue weighted by molar-refractivity contribution is 5.85. The highest BCUT2D eigenvalue weighted by Gasteiger charge is 2.31. The summed E-state index contributed by atoms with van der Waals surface area (Å²) < 4.78 is 5.58. The number of aliphatic hydroxyl groups excluding tert-OH is 1. The Bertz CT molecular complexity index is 1000. The topological polar surface area (TPSA) is 125 Å². The molecule has 0 radical (unpaired) electrons. The number of carboxylic acid groups (broad SMARTS) is 1. The lowest BCUT2D eigenvalue weighted by molar-refractivity contribution is -0.143. The minimum absolute atomic E-state index is 0.0145. The van der Waals surface area contributed by atoms with Gasteiger partial charge in [-0.2, -0.15) is 0 Å². The highest BCUT2D eigenvalue weighted by Crippen LogP contribution is 2.44. The third-order valence-corrected chi connectivity index (χ3v) is 6.89. The molecule has 1 atom stereocenters. The molecule has 1 saturated carbocycles. The van der Waals surface area contributed by atoms with Gasteiger partial charge >= 0.3 is 12.1 Å². The van der Waals surface area contributed by atoms with E-state index in [0.717, 1.165) is 12.8 Å². The lowest BCUT2D eigenvalue weighted by Gasteiger charge is -2.28. The van der Waals surface area contributed by atoms with Crippen LogP contribution < -0.4 is 10.6 Å². The summed E-state index contributed by atoms with van der Waals surface area (Å²) in [5.74, 6) is -1.63. The number of amides is 2. The lowest BCUT2D eigenvalue weighted by Crippen LogP contribution is -2.46. The molecule has 2 aliphatic carbocycles. The monoisotopic (exact) mass is 466 g/mol. The Balaban J connectivity index is 1.22. The van der Waals surface area contributed by atoms with Crippen LogP contribution in [0.15, 0.2) is 48.5 Å². The maximum Gasteiger partial charge on any atom is 0.407 e. The molecule has 180 valence electrons. The van der Waals surface area contributed by atoms with Crippen LogP contribution in [0.2, 0.25) is 0 Å². The second kappa shape index (κ2) is 10.7. The van der Waals surface area contributed by atoms with Gasteiger partial charge in [0.05, 0.1) is 6.61 Å². The molecule has 34 heavy (non-hydrogen) atoms. The van der Waals surface area contributed by atoms with Crippen LogP contribution >= 0.6 is 0 Å². The Labute approximate surface area is 198 Å². The minimum atomic E-state index is -1.28. The van der Waals surface area contributed by atoms with E-state index in [1.807, 2.05) is 24.3 Å². The summed E-state index contributed by atoms with van der Waals surface area (Å²) in [4.78, 5) is 35.6. The van der Waals surface area contributed by atoms with Crippen molar-refractivity contribution < 1.29 is 29.3 Å². The van der Waals surface area contributed by atoms with Crippen LogP contribution in [0.5, 0.6) is 0 Å². The van der Waals surface area contributed by atoms with Crippen molar-refractivity contribution >= 4 is 18.0 Å². The fourth-order valence-electron chi connectivity index (χ4n) is 4.98. The van der Waals surface area contributed by atoms with Crippen LogP contribution in [0.4, 0.5) is 4.79 Å². The van der Waals surface area contributed by atoms with Crippen LogP contribution in [-0.2, 0) is 14.3 Å². The van der Waals surface area contributed by atoms with Gasteiger partial charge < -0.3 is 25.6 Å². The molecule has 0 saturated heterocycles. The molecular formula is C26H30N2O6. The van der Waals surface area contributed by atoms with Gasteiger partial charge in [0.15, 0.2) is 0 Å². The summed E-state index contributed by atoms with van der Waals surface area (Å²) in [6, 6.07) is 15.1. The van der Waals surface area contributed by atoms with Crippen LogP contribution in [0.3, 0.4) is 0 Å². The van der Waals surface area contributed by atoms with Crippen molar-refractivity contribution in [3.05, 3.63) is 59.7 Å². The first kappa shape index (κ1) is 23.8. The van der Waals surface area contributed by atoms with Crippen molar-refractivity contribution in [2.45, 2.75) is 37.6 Å². The van der Waals surface area contributed by atoms with E-state index in [1.165, 1.54) is 22.3 Å². The van der Waals surface area contributed by atoms with Gasteiger partial charge in [0.1, 0.15) is 12.6 Å². The van der Waals surface area contributed by atoms with Gasteiger partial charge in [-0.3, -0.25) is 4.79 Å². The first-order chi connectivity index (χ1) is 16.5. The second-order valence-corrected chi connectivity index (χ2v) is 9.01. The number of benzene rings is 2. The van der Waals surface area contributed by atoms with Crippen molar-refractivity contribution in [1.82, 2.24) is 10.6 Å². The zero-order chi connectivity index (χ0) is 24.1. The zero-order valence-corrected chi connectivity index (χ0v) is 18.9. The molecule has 0 aromatic heterocycles. The van der Waals surface area contributed by atoms with E-state index in [0.29, 0.717) is 19.4 Å². The van der Waals surface area contributed by atoms with Crippen molar-refractivity contribution in [3.8, 4) is 11.1 Å². The third kappa shape index (κ3) is 5.22. The summed E-state index contributed by atoms with van der Waals surface area (Å²) in [7, 11) is 0. The molecule has 0 heterocycles. The number of carbonyl (C=O) groups is 3. The molecule has 2 aromatic carbocycles. The molecule has 8 heteroatoms. The van der Waals surface area contributed by atoms with Crippen LogP contribution in [0, 0.1) is 11.8 Å². The maximum absolute atomic E-state index is 12.4. The number of aliphatic hydroxyl groups is 1. The number of aliphatic carboxylic acids is 1. The molecule has 8 nitrogen and oxygen atoms in total. The highest BCUT2D eigenvalue weighted by atomic mass is 16.5. The number of hydrogen-bond donors (Lipinski definition) is 4. The molecule has 0 bridgehead atoms. The molecule has 2 aromatic rings. The van der Waals surface area contributed by atoms with E-state index in [1.54, 1.807) is 0 Å². The molecule has 0 spiro atoms. The van der Waals surface area contributed by atoms with E-state index in [2.05, 4.69) is 34.9 Å². The number of alkyl carbamates (subject to hydrolysis) is 1. The Hall–Kier alpha value is -3.39. The van der Waals surface area contributed by atoms with Gasteiger partial charge in [-0.05, 0) is 53.9 Å². The molecule has 4 rings (SSSR count). The largest absolute Gasteiger partial charge is 0.480 e. The van der Waals surface area contributed by atoms with Gasteiger partial charge in [-0.25, -0.2) is 9.59 Å². The van der Waals surface area contributed by atoms with Crippen LogP contribution in [-0.4, -0.2) is 54.0 Å². The normalized spacial score (nSPS) is 20.0. The number of fused-ring (bicyclic) bond motifs is 3. The number of carbonyl (C=O) groups excluding carboxylic acids is 2. The van der Waals surface area contributed by atoms with E-state index in [-0.39, 0.29) is 30.3 Å². The summed E-state index contributed by atoms with van der Waals surface area (Å²) >= 11 is 0. The van der Waals surface area contributed by atoms with Gasteiger partial charge in [-0.15, -0.1) is 0 Å². The van der Waals surface area contributed by atoms with Gasteiger partial charge in [-0.1, -0.05) is 48.5 Å². The predicted octanol–water partition coefficient (Wildman–Crippen LogP) is 2.89. The summed E-state index contributed by atoms with van der Waals surface area (Å²) in [6.45, 7) is 0.0995. The SMILES string of the molecule is O=C(NCC1CCC(C(=O)NC(CO)C(=O)O)CC1)OCC1c2ccccc2-c2ccccc21. The fraction of sp³-hybridized carbons (Fsp3) is 0.423. The maximum atomic E-state index is 12.4. The van der Waals surface area contributed by atoms with E-state index in [9.17, 15) is 14.4 Å². The first-order valence-electron chi connectivity index (χ1n) is 11.7. The van der Waals surface area contributed by atoms with E-state index in [4.69, 9.17) is 14.9 Å². The smallest absolute Gasteiger partial charge is 0.407 e. The van der Waals surface area contributed by atoms with Gasteiger partial charge in [0, 0.05) is 18.4 Å². The summed E-state index contributed by atoms with van der Waals surface area (Å²) in [6.07, 6.45) is 2.27. The van der Waals surface area contributed by atoms with Crippen molar-refractivity contribution in [2.75, 3.05) is 19.8 Å².